The molecule has 0 aromatic heterocycles. The fraction of sp³-hybridized carbons (Fsp3) is 0.588. The summed E-state index contributed by atoms with van der Waals surface area (Å²) in [6, 6.07) is 7.75. The van der Waals surface area contributed by atoms with E-state index < -0.39 is 10.0 Å². The number of hydrogen-bond donors (Lipinski definition) is 2. The topological polar surface area (TPSA) is 84.5 Å². The molecule has 132 valence electrons. The van der Waals surface area contributed by atoms with Gasteiger partial charge < -0.3 is 10.1 Å². The van der Waals surface area contributed by atoms with Crippen LogP contribution in [0.3, 0.4) is 0 Å². The van der Waals surface area contributed by atoms with Crippen molar-refractivity contribution in [1.82, 2.24) is 10.0 Å². The zero-order valence-corrected chi connectivity index (χ0v) is 14.7. The van der Waals surface area contributed by atoms with Crippen molar-refractivity contribution in [2.45, 2.75) is 50.2 Å². The predicted octanol–water partition coefficient (Wildman–Crippen LogP) is 1.88. The number of carbonyl (C=O) groups is 1. The summed E-state index contributed by atoms with van der Waals surface area (Å²) in [5, 5.41) is 3.06. The fourth-order valence-corrected chi connectivity index (χ4v) is 4.16. The van der Waals surface area contributed by atoms with Crippen LogP contribution in [0, 0.1) is 0 Å². The number of nitrogens with one attached hydrogen (secondary N) is 2. The van der Waals surface area contributed by atoms with Crippen LogP contribution in [-0.2, 0) is 14.8 Å². The van der Waals surface area contributed by atoms with E-state index in [1.165, 1.54) is 0 Å². The Morgan fingerprint density at radius 2 is 2.00 bits per heavy atom. The summed E-state index contributed by atoms with van der Waals surface area (Å²) in [5.41, 5.74) is 0.830. The molecule has 1 aromatic rings. The van der Waals surface area contributed by atoms with Crippen LogP contribution in [0.15, 0.2) is 24.3 Å². The number of sulfonamides is 1. The highest BCUT2D eigenvalue weighted by atomic mass is 32.2. The third kappa shape index (κ3) is 4.08. The molecule has 2 N–H and O–H groups in total. The maximum Gasteiger partial charge on any atom is 0.221 e. The minimum Gasteiger partial charge on any atom is -0.487 e. The molecule has 2 aliphatic rings. The molecule has 1 aliphatic carbocycles. The highest BCUT2D eigenvalue weighted by molar-refractivity contribution is 7.88. The van der Waals surface area contributed by atoms with Gasteiger partial charge in [0.1, 0.15) is 11.4 Å². The number of hydrogen-bond acceptors (Lipinski definition) is 4. The van der Waals surface area contributed by atoms with E-state index in [2.05, 4.69) is 10.0 Å². The van der Waals surface area contributed by atoms with Gasteiger partial charge in [-0.25, -0.2) is 13.1 Å². The molecule has 7 heteroatoms. The first-order valence-electron chi connectivity index (χ1n) is 8.39. The predicted molar refractivity (Wildman–Crippen MR) is 91.2 cm³/mol. The van der Waals surface area contributed by atoms with Gasteiger partial charge in [0.25, 0.3) is 0 Å². The van der Waals surface area contributed by atoms with Gasteiger partial charge in [-0.3, -0.25) is 4.79 Å². The van der Waals surface area contributed by atoms with Crippen molar-refractivity contribution in [1.29, 1.82) is 0 Å². The molecule has 1 saturated carbocycles. The van der Waals surface area contributed by atoms with Gasteiger partial charge in [-0.05, 0) is 31.7 Å². The highest BCUT2D eigenvalue weighted by Crippen LogP contribution is 2.46. The SMILES string of the molecule is CS(=O)(=O)NCCC(=O)N[C@@H]1CC2(CCCC2)Oc2ccccc21. The Labute approximate surface area is 143 Å². The number of benzene rings is 1. The monoisotopic (exact) mass is 352 g/mol. The Balaban J connectivity index is 1.68. The fourth-order valence-electron chi connectivity index (χ4n) is 3.69. The summed E-state index contributed by atoms with van der Waals surface area (Å²) in [4.78, 5) is 12.2. The van der Waals surface area contributed by atoms with Crippen molar-refractivity contribution >= 4 is 15.9 Å². The van der Waals surface area contributed by atoms with E-state index in [0.717, 1.165) is 49.7 Å². The molecule has 0 bridgehead atoms. The molecule has 0 saturated heterocycles. The quantitative estimate of drug-likeness (QED) is 0.847. The molecule has 1 spiro atoms. The van der Waals surface area contributed by atoms with E-state index in [1.54, 1.807) is 0 Å². The van der Waals surface area contributed by atoms with E-state index in [1.807, 2.05) is 24.3 Å². The lowest BCUT2D eigenvalue weighted by Gasteiger charge is -2.40. The van der Waals surface area contributed by atoms with Gasteiger partial charge in [0.2, 0.25) is 15.9 Å². The van der Waals surface area contributed by atoms with Crippen molar-refractivity contribution in [3.8, 4) is 5.75 Å². The van der Waals surface area contributed by atoms with Crippen LogP contribution in [-0.4, -0.2) is 32.7 Å². The Bertz CT molecular complexity index is 711. The molecule has 0 unspecified atom stereocenters. The lowest BCUT2D eigenvalue weighted by Crippen LogP contribution is -2.43. The second-order valence-electron chi connectivity index (χ2n) is 6.77. The third-order valence-electron chi connectivity index (χ3n) is 4.76. The van der Waals surface area contributed by atoms with Crippen molar-refractivity contribution in [3.63, 3.8) is 0 Å². The van der Waals surface area contributed by atoms with Crippen molar-refractivity contribution < 1.29 is 17.9 Å². The number of ether oxygens (including phenoxy) is 1. The number of amides is 1. The van der Waals surface area contributed by atoms with E-state index in [9.17, 15) is 13.2 Å². The summed E-state index contributed by atoms with van der Waals surface area (Å²) in [6.07, 6.45) is 6.33. The van der Waals surface area contributed by atoms with Crippen LogP contribution in [0.5, 0.6) is 5.75 Å². The molecule has 1 heterocycles. The molecule has 24 heavy (non-hydrogen) atoms. The van der Waals surface area contributed by atoms with Crippen LogP contribution < -0.4 is 14.8 Å². The summed E-state index contributed by atoms with van der Waals surface area (Å²) >= 11 is 0. The van der Waals surface area contributed by atoms with Crippen LogP contribution in [0.1, 0.15) is 50.1 Å². The Kier molecular flexibility index (Phi) is 4.83. The van der Waals surface area contributed by atoms with Gasteiger partial charge in [-0.2, -0.15) is 0 Å². The minimum atomic E-state index is -3.27. The molecule has 1 aromatic carbocycles. The Morgan fingerprint density at radius 1 is 1.29 bits per heavy atom. The molecular formula is C17H24N2O4S. The van der Waals surface area contributed by atoms with E-state index in [-0.39, 0.29) is 30.5 Å². The summed E-state index contributed by atoms with van der Waals surface area (Å²) < 4.78 is 30.8. The standard InChI is InChI=1S/C17H24N2O4S/c1-24(21,22)18-11-8-16(20)19-14-12-17(9-4-5-10-17)23-15-7-3-2-6-13(14)15/h2-3,6-7,14,18H,4-5,8-12H2,1H3,(H,19,20)/t14-/m1/s1. The Hall–Kier alpha value is -1.60. The van der Waals surface area contributed by atoms with Crippen molar-refractivity contribution in [2.24, 2.45) is 0 Å². The van der Waals surface area contributed by atoms with Crippen LogP contribution >= 0.6 is 0 Å². The molecule has 1 amide bonds. The minimum absolute atomic E-state index is 0.0845. The van der Waals surface area contributed by atoms with E-state index >= 15 is 0 Å². The van der Waals surface area contributed by atoms with Crippen LogP contribution in [0.25, 0.3) is 0 Å². The van der Waals surface area contributed by atoms with Crippen molar-refractivity contribution in [2.75, 3.05) is 12.8 Å². The van der Waals surface area contributed by atoms with Gasteiger partial charge in [0.05, 0.1) is 12.3 Å². The van der Waals surface area contributed by atoms with Gasteiger partial charge in [-0.1, -0.05) is 18.2 Å². The van der Waals surface area contributed by atoms with Crippen molar-refractivity contribution in [3.05, 3.63) is 29.8 Å². The maximum absolute atomic E-state index is 12.2. The molecule has 1 atom stereocenters. The number of rotatable bonds is 5. The van der Waals surface area contributed by atoms with Gasteiger partial charge in [0, 0.05) is 24.9 Å². The number of para-hydroxylation sites is 1. The van der Waals surface area contributed by atoms with Crippen LogP contribution in [0.2, 0.25) is 0 Å². The third-order valence-corrected chi connectivity index (χ3v) is 5.49. The molecule has 3 rings (SSSR count). The van der Waals surface area contributed by atoms with E-state index in [4.69, 9.17) is 4.74 Å². The summed E-state index contributed by atoms with van der Waals surface area (Å²) in [6.45, 7) is 0.112. The average Bonchev–Trinajstić information content (AvgIpc) is 2.93. The van der Waals surface area contributed by atoms with Gasteiger partial charge >= 0.3 is 0 Å². The second kappa shape index (κ2) is 6.72. The molecule has 1 fully saturated rings. The highest BCUT2D eigenvalue weighted by Gasteiger charge is 2.43. The first kappa shape index (κ1) is 17.2. The van der Waals surface area contributed by atoms with Gasteiger partial charge in [0.15, 0.2) is 0 Å². The lowest BCUT2D eigenvalue weighted by atomic mass is 9.86. The second-order valence-corrected chi connectivity index (χ2v) is 8.60. The summed E-state index contributed by atoms with van der Waals surface area (Å²) in [5.74, 6) is 0.700. The first-order valence-corrected chi connectivity index (χ1v) is 10.3. The molecule has 6 nitrogen and oxygen atoms in total. The van der Waals surface area contributed by atoms with Gasteiger partial charge in [-0.15, -0.1) is 0 Å². The van der Waals surface area contributed by atoms with E-state index in [0.29, 0.717) is 0 Å². The number of carbonyl (C=O) groups excluding carboxylic acids is 1. The molecule has 1 aliphatic heterocycles. The number of fused-ring (bicyclic) bond motifs is 1. The maximum atomic E-state index is 12.2. The lowest BCUT2D eigenvalue weighted by molar-refractivity contribution is -0.122. The zero-order valence-electron chi connectivity index (χ0n) is 13.9. The largest absolute Gasteiger partial charge is 0.487 e. The first-order chi connectivity index (χ1) is 11.4. The molecule has 0 radical (unpaired) electrons. The summed E-state index contributed by atoms with van der Waals surface area (Å²) in [7, 11) is -3.27. The average molecular weight is 352 g/mol. The smallest absolute Gasteiger partial charge is 0.221 e. The van der Waals surface area contributed by atoms with Crippen LogP contribution in [0.4, 0.5) is 0 Å². The normalized spacial score (nSPS) is 22.0. The molecular weight excluding hydrogens is 328 g/mol. The zero-order chi connectivity index (χ0) is 17.2. The Morgan fingerprint density at radius 3 is 2.71 bits per heavy atom.